The summed E-state index contributed by atoms with van der Waals surface area (Å²) in [4.78, 5) is 11.0. The molecule has 11 heteroatoms. The Bertz CT molecular complexity index is 1340. The quantitative estimate of drug-likeness (QED) is 0.469. The van der Waals surface area contributed by atoms with Gasteiger partial charge in [-0.25, -0.2) is 8.42 Å². The molecule has 0 radical (unpaired) electrons. The summed E-state index contributed by atoms with van der Waals surface area (Å²) in [5.41, 5.74) is 4.80. The number of benzene rings is 3. The molecule has 3 N–H and O–H groups in total. The van der Waals surface area contributed by atoms with Gasteiger partial charge < -0.3 is 15.6 Å². The van der Waals surface area contributed by atoms with Crippen LogP contribution in [0.4, 0.5) is 13.2 Å². The van der Waals surface area contributed by atoms with Crippen LogP contribution in [0.1, 0.15) is 16.7 Å². The van der Waals surface area contributed by atoms with Crippen LogP contribution in [0.2, 0.25) is 0 Å². The summed E-state index contributed by atoms with van der Waals surface area (Å²) in [6.45, 7) is -0.140. The number of carbonyl (C=O) groups is 1. The second-order valence-electron chi connectivity index (χ2n) is 8.55. The van der Waals surface area contributed by atoms with Crippen molar-refractivity contribution in [3.8, 4) is 5.75 Å². The van der Waals surface area contributed by atoms with Crippen molar-refractivity contribution in [1.29, 1.82) is 0 Å². The zero-order valence-electron chi connectivity index (χ0n) is 18.9. The Hall–Kier alpha value is -3.41. The molecule has 0 aromatic heterocycles. The van der Waals surface area contributed by atoms with E-state index in [1.54, 1.807) is 36.4 Å². The number of alkyl halides is 3. The number of ether oxygens (including phenoxy) is 1. The Balaban J connectivity index is 1.58. The van der Waals surface area contributed by atoms with Crippen molar-refractivity contribution in [2.24, 2.45) is 5.73 Å². The maximum absolute atomic E-state index is 13.3. The molecule has 1 saturated heterocycles. The molecule has 36 heavy (non-hydrogen) atoms. The van der Waals surface area contributed by atoms with Crippen molar-refractivity contribution in [2.45, 2.75) is 29.1 Å². The van der Waals surface area contributed by atoms with E-state index in [0.29, 0.717) is 11.1 Å². The lowest BCUT2D eigenvalue weighted by Gasteiger charge is -2.48. The first-order valence-corrected chi connectivity index (χ1v) is 12.3. The number of nitrogens with zero attached hydrogens (tertiary/aromatic N) is 1. The van der Waals surface area contributed by atoms with E-state index in [9.17, 15) is 26.4 Å². The molecule has 0 spiro atoms. The molecule has 3 aromatic carbocycles. The largest absolute Gasteiger partial charge is 0.480 e. The summed E-state index contributed by atoms with van der Waals surface area (Å²) in [5.74, 6) is -1.02. The molecule has 7 nitrogen and oxygen atoms in total. The van der Waals surface area contributed by atoms with Crippen LogP contribution in [0.3, 0.4) is 0 Å². The molecule has 1 aliphatic heterocycles. The first-order valence-electron chi connectivity index (χ1n) is 10.9. The summed E-state index contributed by atoms with van der Waals surface area (Å²) in [6, 6.07) is 17.8. The average molecular weight is 521 g/mol. The van der Waals surface area contributed by atoms with E-state index < -0.39 is 39.4 Å². The molecule has 1 unspecified atom stereocenters. The molecule has 0 aliphatic carbocycles. The molecule has 1 atom stereocenters. The van der Waals surface area contributed by atoms with Crippen LogP contribution in [0.5, 0.6) is 5.75 Å². The van der Waals surface area contributed by atoms with E-state index in [4.69, 9.17) is 15.6 Å². The Kier molecular flexibility index (Phi) is 6.82. The molecule has 1 heterocycles. The van der Waals surface area contributed by atoms with Gasteiger partial charge >= 0.3 is 12.1 Å². The minimum absolute atomic E-state index is 0.0196. The second-order valence-corrected chi connectivity index (χ2v) is 10.5. The standard InChI is InChI=1S/C25H23F3N2O5S/c26-25(27,28)19-9-11-20(12-10-19)35-24(18-6-2-1-3-7-18)15-30(16-24)36(33,34)21-8-4-5-17(13-21)14-22(29)23(31)32/h1-13,22H,14-16,29H2,(H,31,32). The summed E-state index contributed by atoms with van der Waals surface area (Å²) < 4.78 is 72.7. The van der Waals surface area contributed by atoms with Crippen LogP contribution >= 0.6 is 0 Å². The monoisotopic (exact) mass is 520 g/mol. The number of carboxylic acid groups (broad SMARTS) is 1. The third-order valence-electron chi connectivity index (χ3n) is 5.97. The number of carboxylic acids is 1. The lowest BCUT2D eigenvalue weighted by atomic mass is 9.87. The van der Waals surface area contributed by atoms with Gasteiger partial charge in [-0.2, -0.15) is 17.5 Å². The Labute approximate surface area is 206 Å². The van der Waals surface area contributed by atoms with Crippen molar-refractivity contribution in [1.82, 2.24) is 4.31 Å². The van der Waals surface area contributed by atoms with Gasteiger partial charge in [0.1, 0.15) is 11.8 Å². The molecule has 190 valence electrons. The highest BCUT2D eigenvalue weighted by atomic mass is 32.2. The maximum atomic E-state index is 13.3. The van der Waals surface area contributed by atoms with Gasteiger partial charge in [-0.3, -0.25) is 4.79 Å². The van der Waals surface area contributed by atoms with E-state index in [1.165, 1.54) is 34.6 Å². The highest BCUT2D eigenvalue weighted by Crippen LogP contribution is 2.40. The van der Waals surface area contributed by atoms with Crippen LogP contribution in [0, 0.1) is 0 Å². The Morgan fingerprint density at radius 1 is 1.03 bits per heavy atom. The first-order chi connectivity index (χ1) is 16.9. The van der Waals surface area contributed by atoms with Gasteiger partial charge in [-0.05, 0) is 53.9 Å². The predicted octanol–water partition coefficient (Wildman–Crippen LogP) is 3.64. The summed E-state index contributed by atoms with van der Waals surface area (Å²) in [7, 11) is -3.96. The van der Waals surface area contributed by atoms with Gasteiger partial charge in [0, 0.05) is 0 Å². The molecule has 0 amide bonds. The van der Waals surface area contributed by atoms with Crippen LogP contribution in [-0.2, 0) is 33.0 Å². The number of aliphatic carboxylic acids is 1. The molecule has 4 rings (SSSR count). The normalized spacial score (nSPS) is 16.7. The Morgan fingerprint density at radius 2 is 1.67 bits per heavy atom. The van der Waals surface area contributed by atoms with Crippen molar-refractivity contribution in [3.05, 3.63) is 95.6 Å². The summed E-state index contributed by atoms with van der Waals surface area (Å²) in [6.07, 6.45) is -4.52. The second kappa shape index (κ2) is 9.57. The zero-order valence-corrected chi connectivity index (χ0v) is 19.7. The molecule has 1 fully saturated rings. The van der Waals surface area contributed by atoms with E-state index in [-0.39, 0.29) is 30.2 Å². The SMILES string of the molecule is NC(Cc1cccc(S(=O)(=O)N2CC(Oc3ccc(C(F)(F)F)cc3)(c3ccccc3)C2)c1)C(=O)O. The topological polar surface area (TPSA) is 110 Å². The van der Waals surface area contributed by atoms with Crippen LogP contribution < -0.4 is 10.5 Å². The third kappa shape index (κ3) is 5.23. The molecular formula is C25H23F3N2O5S. The molecule has 0 saturated carbocycles. The fourth-order valence-corrected chi connectivity index (χ4v) is 5.61. The minimum Gasteiger partial charge on any atom is -0.480 e. The zero-order chi connectivity index (χ0) is 26.1. The average Bonchev–Trinajstić information content (AvgIpc) is 2.81. The van der Waals surface area contributed by atoms with Crippen LogP contribution in [0.15, 0.2) is 83.8 Å². The van der Waals surface area contributed by atoms with Gasteiger partial charge in [-0.15, -0.1) is 0 Å². The maximum Gasteiger partial charge on any atom is 0.416 e. The smallest absolute Gasteiger partial charge is 0.416 e. The predicted molar refractivity (Wildman–Crippen MR) is 125 cm³/mol. The third-order valence-corrected chi connectivity index (χ3v) is 7.76. The first kappa shape index (κ1) is 25.7. The highest BCUT2D eigenvalue weighted by Gasteiger charge is 2.52. The number of nitrogens with two attached hydrogens (primary N) is 1. The van der Waals surface area contributed by atoms with Gasteiger partial charge in [0.15, 0.2) is 5.60 Å². The summed E-state index contributed by atoms with van der Waals surface area (Å²) in [5, 5.41) is 9.03. The summed E-state index contributed by atoms with van der Waals surface area (Å²) >= 11 is 0. The van der Waals surface area contributed by atoms with E-state index in [1.807, 2.05) is 0 Å². The van der Waals surface area contributed by atoms with Crippen LogP contribution in [-0.4, -0.2) is 42.9 Å². The lowest BCUT2D eigenvalue weighted by molar-refractivity contribution is -0.139. The van der Waals surface area contributed by atoms with Crippen molar-refractivity contribution in [3.63, 3.8) is 0 Å². The van der Waals surface area contributed by atoms with Crippen molar-refractivity contribution in [2.75, 3.05) is 13.1 Å². The van der Waals surface area contributed by atoms with E-state index >= 15 is 0 Å². The number of halogens is 3. The van der Waals surface area contributed by atoms with Gasteiger partial charge in [0.25, 0.3) is 0 Å². The number of hydrogen-bond acceptors (Lipinski definition) is 5. The minimum atomic E-state index is -4.49. The van der Waals surface area contributed by atoms with Gasteiger partial charge in [0.05, 0.1) is 23.5 Å². The fourth-order valence-electron chi connectivity index (χ4n) is 4.00. The highest BCUT2D eigenvalue weighted by molar-refractivity contribution is 7.89. The van der Waals surface area contributed by atoms with Gasteiger partial charge in [-0.1, -0.05) is 42.5 Å². The van der Waals surface area contributed by atoms with E-state index in [0.717, 1.165) is 12.1 Å². The molecular weight excluding hydrogens is 497 g/mol. The fraction of sp³-hybridized carbons (Fsp3) is 0.240. The van der Waals surface area contributed by atoms with Crippen molar-refractivity contribution >= 4 is 16.0 Å². The van der Waals surface area contributed by atoms with E-state index in [2.05, 4.69) is 0 Å². The molecule has 0 bridgehead atoms. The molecule has 3 aromatic rings. The lowest BCUT2D eigenvalue weighted by Crippen LogP contribution is -2.64. The van der Waals surface area contributed by atoms with Crippen LogP contribution in [0.25, 0.3) is 0 Å². The number of rotatable bonds is 8. The number of hydrogen-bond donors (Lipinski definition) is 2. The number of sulfonamides is 1. The van der Waals surface area contributed by atoms with Gasteiger partial charge in [0.2, 0.25) is 10.0 Å². The van der Waals surface area contributed by atoms with Crippen molar-refractivity contribution < 1.29 is 36.2 Å². The molecule has 1 aliphatic rings. The Morgan fingerprint density at radius 3 is 2.25 bits per heavy atom.